The van der Waals surface area contributed by atoms with E-state index in [0.29, 0.717) is 10.7 Å². The number of piperazine rings is 1. The third-order valence-corrected chi connectivity index (χ3v) is 4.99. The Morgan fingerprint density at radius 3 is 2.58 bits per heavy atom. The number of anilines is 2. The van der Waals surface area contributed by atoms with Crippen molar-refractivity contribution in [2.75, 3.05) is 36.0 Å². The van der Waals surface area contributed by atoms with E-state index in [4.69, 9.17) is 0 Å². The van der Waals surface area contributed by atoms with Gasteiger partial charge in [0.05, 0.1) is 16.8 Å². The third-order valence-electron chi connectivity index (χ3n) is 4.18. The van der Waals surface area contributed by atoms with Crippen LogP contribution < -0.4 is 15.1 Å². The maximum absolute atomic E-state index is 11.6. The van der Waals surface area contributed by atoms with Crippen molar-refractivity contribution >= 4 is 40.5 Å². The van der Waals surface area contributed by atoms with E-state index in [1.54, 1.807) is 18.5 Å². The number of rotatable bonds is 3. The van der Waals surface area contributed by atoms with Gasteiger partial charge in [0.1, 0.15) is 5.82 Å². The summed E-state index contributed by atoms with van der Waals surface area (Å²) in [7, 11) is 0. The third kappa shape index (κ3) is 3.52. The molecule has 8 nitrogen and oxygen atoms in total. The van der Waals surface area contributed by atoms with Crippen LogP contribution in [0.2, 0.25) is 0 Å². The van der Waals surface area contributed by atoms with Crippen LogP contribution in [0.1, 0.15) is 5.82 Å². The van der Waals surface area contributed by atoms with E-state index < -0.39 is 5.91 Å². The van der Waals surface area contributed by atoms with Crippen molar-refractivity contribution in [2.24, 2.45) is 0 Å². The second kappa shape index (κ2) is 7.12. The molecular weight excluding hydrogens is 352 g/mol. The number of nitrogens with one attached hydrogen (secondary N) is 1. The topological polar surface area (TPSA) is 91.3 Å². The number of carbonyl (C=O) groups excluding carboxylic acids is 2. The molecule has 0 unspecified atom stereocenters. The Hall–Kier alpha value is -2.94. The summed E-state index contributed by atoms with van der Waals surface area (Å²) in [5.41, 5.74) is 1.12. The molecule has 2 aromatic heterocycles. The summed E-state index contributed by atoms with van der Waals surface area (Å²) < 4.78 is 0. The van der Waals surface area contributed by atoms with Gasteiger partial charge in [0.2, 0.25) is 0 Å². The fourth-order valence-corrected chi connectivity index (χ4v) is 3.53. The second-order valence-electron chi connectivity index (χ2n) is 5.81. The highest BCUT2D eigenvalue weighted by Gasteiger charge is 2.25. The summed E-state index contributed by atoms with van der Waals surface area (Å²) >= 11 is 0.863. The van der Waals surface area contributed by atoms with E-state index in [1.165, 1.54) is 0 Å². The lowest BCUT2D eigenvalue weighted by molar-refractivity contribution is -0.115. The smallest absolute Gasteiger partial charge is 0.290 e. The van der Waals surface area contributed by atoms with Gasteiger partial charge in [-0.15, -0.1) is 0 Å². The number of hydrogen-bond donors (Lipinski definition) is 1. The summed E-state index contributed by atoms with van der Waals surface area (Å²) in [5.74, 6) is 0.830. The molecule has 2 aromatic rings. The molecule has 2 amide bonds. The van der Waals surface area contributed by atoms with Gasteiger partial charge in [-0.25, -0.2) is 9.97 Å². The Kier molecular flexibility index (Phi) is 4.53. The highest BCUT2D eigenvalue weighted by molar-refractivity contribution is 8.18. The lowest BCUT2D eigenvalue weighted by atomic mass is 10.2. The SMILES string of the molecule is O=C1NC(=O)C(=Cc2nccc(N3CCN(c4cccnc4)CC3)n2)S1. The van der Waals surface area contributed by atoms with Gasteiger partial charge in [-0.2, -0.15) is 0 Å². The minimum Gasteiger partial charge on any atom is -0.367 e. The number of nitrogens with zero attached hydrogens (tertiary/aromatic N) is 5. The summed E-state index contributed by atoms with van der Waals surface area (Å²) in [6.07, 6.45) is 6.85. The van der Waals surface area contributed by atoms with Crippen LogP contribution >= 0.6 is 11.8 Å². The lowest BCUT2D eigenvalue weighted by Crippen LogP contribution is -2.46. The quantitative estimate of drug-likeness (QED) is 0.816. The molecule has 9 heteroatoms. The average molecular weight is 368 g/mol. The zero-order valence-corrected chi connectivity index (χ0v) is 14.6. The molecule has 2 fully saturated rings. The van der Waals surface area contributed by atoms with E-state index in [0.717, 1.165) is 49.4 Å². The first kappa shape index (κ1) is 16.5. The summed E-state index contributed by atoms with van der Waals surface area (Å²) in [6, 6.07) is 5.85. The number of imide groups is 1. The van der Waals surface area contributed by atoms with E-state index in [2.05, 4.69) is 36.1 Å². The maximum Gasteiger partial charge on any atom is 0.290 e. The molecule has 0 atom stereocenters. The molecule has 2 aliphatic rings. The predicted molar refractivity (Wildman–Crippen MR) is 99.8 cm³/mol. The Bertz CT molecular complexity index is 865. The van der Waals surface area contributed by atoms with Crippen molar-refractivity contribution in [3.8, 4) is 0 Å². The molecule has 4 heterocycles. The molecule has 0 radical (unpaired) electrons. The number of amides is 2. The standard InChI is InChI=1S/C17H16N6O2S/c24-16-13(26-17(25)21-16)10-14-19-5-3-15(20-14)23-8-6-22(7-9-23)12-2-1-4-18-11-12/h1-5,10-11H,6-9H2,(H,21,24,25). The highest BCUT2D eigenvalue weighted by Crippen LogP contribution is 2.25. The van der Waals surface area contributed by atoms with Crippen molar-refractivity contribution in [1.82, 2.24) is 20.3 Å². The van der Waals surface area contributed by atoms with E-state index >= 15 is 0 Å². The molecule has 26 heavy (non-hydrogen) atoms. The molecular formula is C17H16N6O2S. The number of aromatic nitrogens is 3. The van der Waals surface area contributed by atoms with Crippen LogP contribution in [0.25, 0.3) is 6.08 Å². The first-order valence-corrected chi connectivity index (χ1v) is 8.98. The number of hydrogen-bond acceptors (Lipinski definition) is 8. The molecule has 2 saturated heterocycles. The zero-order chi connectivity index (χ0) is 17.9. The number of carbonyl (C=O) groups is 2. The minimum atomic E-state index is -0.404. The summed E-state index contributed by atoms with van der Waals surface area (Å²) in [5, 5.41) is 1.85. The molecule has 132 valence electrons. The zero-order valence-electron chi connectivity index (χ0n) is 13.8. The van der Waals surface area contributed by atoms with E-state index in [9.17, 15) is 9.59 Å². The summed E-state index contributed by atoms with van der Waals surface area (Å²) in [4.78, 5) is 40.6. The fraction of sp³-hybridized carbons (Fsp3) is 0.235. The Morgan fingerprint density at radius 1 is 1.08 bits per heavy atom. The van der Waals surface area contributed by atoms with Gasteiger partial charge in [0.25, 0.3) is 11.1 Å². The molecule has 0 spiro atoms. The van der Waals surface area contributed by atoms with Crippen LogP contribution in [0.4, 0.5) is 16.3 Å². The summed E-state index contributed by atoms with van der Waals surface area (Å²) in [6.45, 7) is 3.41. The average Bonchev–Trinajstić information content (AvgIpc) is 3.00. The van der Waals surface area contributed by atoms with Crippen LogP contribution in [-0.4, -0.2) is 52.3 Å². The minimum absolute atomic E-state index is 0.313. The Morgan fingerprint density at radius 2 is 1.88 bits per heavy atom. The molecule has 0 aliphatic carbocycles. The first-order chi connectivity index (χ1) is 12.7. The first-order valence-electron chi connectivity index (χ1n) is 8.17. The largest absolute Gasteiger partial charge is 0.367 e. The number of thioether (sulfide) groups is 1. The van der Waals surface area contributed by atoms with Gasteiger partial charge >= 0.3 is 0 Å². The second-order valence-corrected chi connectivity index (χ2v) is 6.83. The van der Waals surface area contributed by atoms with Gasteiger partial charge in [0.15, 0.2) is 5.82 Å². The molecule has 0 saturated carbocycles. The van der Waals surface area contributed by atoms with Gasteiger partial charge in [-0.3, -0.25) is 19.9 Å². The molecule has 1 N–H and O–H groups in total. The van der Waals surface area contributed by atoms with Gasteiger partial charge in [-0.05, 0) is 30.0 Å². The van der Waals surface area contributed by atoms with Crippen molar-refractivity contribution in [1.29, 1.82) is 0 Å². The van der Waals surface area contributed by atoms with E-state index in [-0.39, 0.29) is 5.24 Å². The molecule has 0 bridgehead atoms. The van der Waals surface area contributed by atoms with Crippen molar-refractivity contribution in [2.45, 2.75) is 0 Å². The van der Waals surface area contributed by atoms with Crippen LogP contribution in [0.15, 0.2) is 41.7 Å². The predicted octanol–water partition coefficient (Wildman–Crippen LogP) is 1.52. The van der Waals surface area contributed by atoms with Crippen LogP contribution in [-0.2, 0) is 4.79 Å². The van der Waals surface area contributed by atoms with Gasteiger partial charge in [0, 0.05) is 44.6 Å². The monoisotopic (exact) mass is 368 g/mol. The van der Waals surface area contributed by atoms with Crippen molar-refractivity contribution in [3.63, 3.8) is 0 Å². The Labute approximate surface area is 154 Å². The lowest BCUT2D eigenvalue weighted by Gasteiger charge is -2.36. The van der Waals surface area contributed by atoms with Gasteiger partial charge in [-0.1, -0.05) is 0 Å². The maximum atomic E-state index is 11.6. The Balaban J connectivity index is 1.45. The van der Waals surface area contributed by atoms with Crippen molar-refractivity contribution < 1.29 is 9.59 Å². The van der Waals surface area contributed by atoms with Gasteiger partial charge < -0.3 is 9.80 Å². The van der Waals surface area contributed by atoms with Crippen LogP contribution in [0.3, 0.4) is 0 Å². The highest BCUT2D eigenvalue weighted by atomic mass is 32.2. The molecule has 4 rings (SSSR count). The number of pyridine rings is 1. The van der Waals surface area contributed by atoms with E-state index in [1.807, 2.05) is 18.3 Å². The molecule has 0 aromatic carbocycles. The van der Waals surface area contributed by atoms with Crippen LogP contribution in [0, 0.1) is 0 Å². The fourth-order valence-electron chi connectivity index (χ4n) is 2.88. The normalized spacial score (nSPS) is 19.2. The van der Waals surface area contributed by atoms with Crippen LogP contribution in [0.5, 0.6) is 0 Å². The molecule has 2 aliphatic heterocycles. The van der Waals surface area contributed by atoms with Crippen molar-refractivity contribution in [3.05, 3.63) is 47.5 Å².